The number of nitrogens with one attached hydrogen (secondary N) is 2. The number of hydrogen-bond donors (Lipinski definition) is 2. The second-order valence-electron chi connectivity index (χ2n) is 24.0. The molecule has 0 radical (unpaired) electrons. The molecule has 7 aliphatic heterocycles. The molecular formula is C58H78N8O9S. The Balaban J connectivity index is 1.00. The Kier molecular flexibility index (Phi) is 14.9. The van der Waals surface area contributed by atoms with Crippen LogP contribution >= 0.6 is 11.3 Å². The molecule has 3 aromatic heterocycles. The third-order valence-electron chi connectivity index (χ3n) is 17.7. The van der Waals surface area contributed by atoms with Crippen LogP contribution in [-0.2, 0) is 55.8 Å². The van der Waals surface area contributed by atoms with Crippen LogP contribution in [0.25, 0.3) is 33.4 Å². The van der Waals surface area contributed by atoms with Crippen LogP contribution in [0, 0.1) is 5.41 Å². The van der Waals surface area contributed by atoms with E-state index in [9.17, 15) is 9.59 Å². The lowest BCUT2D eigenvalue weighted by Crippen LogP contribution is -2.68. The van der Waals surface area contributed by atoms with Gasteiger partial charge in [0.05, 0.1) is 60.3 Å². The second kappa shape index (κ2) is 21.7. The molecule has 76 heavy (non-hydrogen) atoms. The number of esters is 1. The van der Waals surface area contributed by atoms with Gasteiger partial charge in [0.1, 0.15) is 23.2 Å². The van der Waals surface area contributed by atoms with Crippen LogP contribution in [0.1, 0.15) is 138 Å². The molecule has 2 N–H and O–H groups in total. The summed E-state index contributed by atoms with van der Waals surface area (Å²) in [5.74, 6) is -0.690. The van der Waals surface area contributed by atoms with Gasteiger partial charge in [-0.05, 0) is 133 Å². The first-order chi connectivity index (χ1) is 36.8. The lowest BCUT2D eigenvalue weighted by Gasteiger charge is -2.52. The number of benzene rings is 1. The van der Waals surface area contributed by atoms with Crippen molar-refractivity contribution in [1.82, 2.24) is 40.1 Å². The van der Waals surface area contributed by atoms with E-state index in [0.29, 0.717) is 89.2 Å². The molecule has 410 valence electrons. The van der Waals surface area contributed by atoms with Crippen LogP contribution in [0.15, 0.2) is 35.8 Å². The van der Waals surface area contributed by atoms with E-state index in [1.54, 1.807) is 7.11 Å². The fraction of sp³-hybridized carbons (Fsp3) is 0.672. The predicted octanol–water partition coefficient (Wildman–Crippen LogP) is 7.26. The largest absolute Gasteiger partial charge is 0.464 e. The monoisotopic (exact) mass is 1060 g/mol. The molecule has 12 rings (SSSR count). The van der Waals surface area contributed by atoms with Gasteiger partial charge in [0.2, 0.25) is 5.91 Å². The number of methoxy groups -OCH3 is 1. The molecule has 1 aliphatic carbocycles. The van der Waals surface area contributed by atoms with E-state index in [0.717, 1.165) is 102 Å². The zero-order valence-electron chi connectivity index (χ0n) is 45.2. The fourth-order valence-electron chi connectivity index (χ4n) is 13.2. The van der Waals surface area contributed by atoms with E-state index in [1.165, 1.54) is 34.8 Å². The Hall–Kier alpha value is -4.37. The van der Waals surface area contributed by atoms with Crippen LogP contribution < -0.4 is 10.7 Å². The first-order valence-electron chi connectivity index (χ1n) is 28.5. The number of rotatable bonds is 12. The Morgan fingerprint density at radius 3 is 2.54 bits per heavy atom. The van der Waals surface area contributed by atoms with E-state index in [-0.39, 0.29) is 42.3 Å². The highest BCUT2D eigenvalue weighted by atomic mass is 32.1. The van der Waals surface area contributed by atoms with Crippen molar-refractivity contribution in [2.24, 2.45) is 5.41 Å². The molecule has 4 aromatic rings. The highest BCUT2D eigenvalue weighted by Crippen LogP contribution is 2.46. The van der Waals surface area contributed by atoms with E-state index < -0.39 is 35.6 Å². The zero-order chi connectivity index (χ0) is 52.3. The molecule has 18 heteroatoms. The SMILES string of the molecule is CO[C@@H](C)c1ncc(C2CCN(C3CC3)CC2)cc1-c1c2c3cc(ccc3n1CCOC1CCOCC1)-c1csc(n1)[C@@H](N1CC3(CCCO3)C1)[C@H](NC(=O)[C@@H]1C[C@@H](C)O1)C(=O)N1CCC[C@H](N1)C(=O)OCC(C)(C)C2. The summed E-state index contributed by atoms with van der Waals surface area (Å²) in [5, 5.41) is 8.59. The van der Waals surface area contributed by atoms with Crippen LogP contribution in [0.4, 0.5) is 0 Å². The molecule has 6 bridgehead atoms. The molecule has 0 unspecified atom stereocenters. The molecule has 1 aromatic carbocycles. The second-order valence-corrected chi connectivity index (χ2v) is 24.9. The Morgan fingerprint density at radius 1 is 1.00 bits per heavy atom. The molecule has 2 amide bonds. The number of amides is 2. The van der Waals surface area contributed by atoms with E-state index in [4.69, 9.17) is 38.4 Å². The summed E-state index contributed by atoms with van der Waals surface area (Å²) < 4.78 is 39.5. The van der Waals surface area contributed by atoms with Crippen LogP contribution in [0.5, 0.6) is 0 Å². The number of cyclic esters (lactones) is 1. The maximum atomic E-state index is 15.2. The number of hydrogen-bond acceptors (Lipinski definition) is 15. The first kappa shape index (κ1) is 52.3. The highest BCUT2D eigenvalue weighted by Gasteiger charge is 2.53. The van der Waals surface area contributed by atoms with Gasteiger partial charge in [-0.3, -0.25) is 29.3 Å². The van der Waals surface area contributed by atoms with Gasteiger partial charge in [-0.1, -0.05) is 19.9 Å². The third-order valence-corrected chi connectivity index (χ3v) is 18.7. The van der Waals surface area contributed by atoms with Crippen LogP contribution in [0.2, 0.25) is 0 Å². The van der Waals surface area contributed by atoms with Crippen molar-refractivity contribution in [1.29, 1.82) is 0 Å². The van der Waals surface area contributed by atoms with Crippen LogP contribution in [-0.4, -0.2) is 162 Å². The number of hydrazine groups is 1. The Labute approximate surface area is 451 Å². The average Bonchev–Trinajstić information content (AvgIpc) is 3.91. The van der Waals surface area contributed by atoms with Crippen molar-refractivity contribution in [3.8, 4) is 22.5 Å². The van der Waals surface area contributed by atoms with Crippen molar-refractivity contribution < 1.29 is 42.8 Å². The lowest BCUT2D eigenvalue weighted by molar-refractivity contribution is -0.167. The number of ether oxygens (including phenoxy) is 6. The number of carbonyl (C=O) groups excluding carboxylic acids is 3. The van der Waals surface area contributed by atoms with Gasteiger partial charge in [-0.15, -0.1) is 11.3 Å². The van der Waals surface area contributed by atoms with Gasteiger partial charge in [0.15, 0.2) is 0 Å². The van der Waals surface area contributed by atoms with Crippen LogP contribution in [0.3, 0.4) is 0 Å². The summed E-state index contributed by atoms with van der Waals surface area (Å²) in [4.78, 5) is 59.4. The minimum Gasteiger partial charge on any atom is -0.464 e. The van der Waals surface area contributed by atoms with Gasteiger partial charge in [-0.25, -0.2) is 10.4 Å². The standard InChI is InChI=1S/C58H78N8O9S/c1-35-26-48(75-35)53(67)61-50-52(64-32-58(33-64)17-7-22-74-58)54-60-46(31-76-54)38-9-12-47-42(27-38)44(29-57(3,4)34-73-56(69)45-8-6-18-66(62-45)55(50)68)51(65(47)21-25-72-41-15-23-71-24-16-41)43-28-39(30-59-49(43)36(2)70-5)37-13-19-63(20-14-37)40-10-11-40/h9,12,27-28,30-31,35-37,40-41,45,48,50,52,62H,6-8,10-11,13-26,29,32-34H2,1-5H3,(H,61,67)/t35-,36+,45+,48+,50+,52+/m1/s1. The number of fused-ring (bicyclic) bond motifs is 6. The fourth-order valence-corrected chi connectivity index (χ4v) is 14.2. The van der Waals surface area contributed by atoms with Crippen molar-refractivity contribution in [3.05, 3.63) is 57.7 Å². The number of thiazole rings is 1. The van der Waals surface area contributed by atoms with Crippen molar-refractivity contribution >= 4 is 40.0 Å². The Bertz CT molecular complexity index is 2760. The molecular weight excluding hydrogens is 985 g/mol. The smallest absolute Gasteiger partial charge is 0.324 e. The summed E-state index contributed by atoms with van der Waals surface area (Å²) >= 11 is 1.50. The van der Waals surface area contributed by atoms with E-state index >= 15 is 4.79 Å². The topological polar surface area (TPSA) is 171 Å². The molecule has 10 heterocycles. The number of carbonyl (C=O) groups is 3. The van der Waals surface area contributed by atoms with Gasteiger partial charge >= 0.3 is 5.97 Å². The molecule has 1 spiro atoms. The summed E-state index contributed by atoms with van der Waals surface area (Å²) in [5.41, 5.74) is 10.6. The molecule has 7 fully saturated rings. The number of likely N-dealkylation sites (tertiary alicyclic amines) is 2. The number of piperidine rings is 1. The first-order valence-corrected chi connectivity index (χ1v) is 29.4. The third kappa shape index (κ3) is 10.6. The molecule has 6 saturated heterocycles. The maximum absolute atomic E-state index is 15.2. The zero-order valence-corrected chi connectivity index (χ0v) is 46.0. The maximum Gasteiger partial charge on any atom is 0.324 e. The van der Waals surface area contributed by atoms with Gasteiger partial charge in [0, 0.05) is 105 Å². The molecule has 17 nitrogen and oxygen atoms in total. The van der Waals surface area contributed by atoms with Crippen molar-refractivity contribution in [2.45, 2.75) is 171 Å². The van der Waals surface area contributed by atoms with Gasteiger partial charge in [-0.2, -0.15) is 0 Å². The predicted molar refractivity (Wildman–Crippen MR) is 287 cm³/mol. The normalized spacial score (nSPS) is 28.2. The average molecular weight is 1060 g/mol. The minimum absolute atomic E-state index is 0.0433. The number of pyridine rings is 1. The van der Waals surface area contributed by atoms with Crippen molar-refractivity contribution in [2.75, 3.05) is 72.9 Å². The molecule has 1 saturated carbocycles. The number of aromatic nitrogens is 3. The quantitative estimate of drug-likeness (QED) is 0.136. The highest BCUT2D eigenvalue weighted by molar-refractivity contribution is 7.10. The summed E-state index contributed by atoms with van der Waals surface area (Å²) in [6, 6.07) is 7.39. The molecule has 8 aliphatic rings. The van der Waals surface area contributed by atoms with E-state index in [2.05, 4.69) is 81.7 Å². The van der Waals surface area contributed by atoms with Gasteiger partial charge in [0.25, 0.3) is 5.91 Å². The number of nitrogens with zero attached hydrogens (tertiary/aromatic N) is 6. The van der Waals surface area contributed by atoms with Crippen molar-refractivity contribution in [3.63, 3.8) is 0 Å². The summed E-state index contributed by atoms with van der Waals surface area (Å²) in [6.45, 7) is 15.5. The summed E-state index contributed by atoms with van der Waals surface area (Å²) in [6.07, 6.45) is 11.9. The summed E-state index contributed by atoms with van der Waals surface area (Å²) in [7, 11) is 1.75. The lowest BCUT2D eigenvalue weighted by atomic mass is 9.83. The van der Waals surface area contributed by atoms with Gasteiger partial charge < -0.3 is 43.2 Å². The minimum atomic E-state index is -1.04. The molecule has 6 atom stereocenters. The van der Waals surface area contributed by atoms with E-state index in [1.807, 2.05) is 6.92 Å². The Morgan fingerprint density at radius 2 is 1.80 bits per heavy atom.